The summed E-state index contributed by atoms with van der Waals surface area (Å²) in [5.41, 5.74) is 0. The van der Waals surface area contributed by atoms with Gasteiger partial charge in [-0.2, -0.15) is 0 Å². The maximum absolute atomic E-state index is 5.43. The van der Waals surface area contributed by atoms with Gasteiger partial charge in [0, 0.05) is 44.3 Å². The minimum Gasteiger partial charge on any atom is -0.378 e. The topological polar surface area (TPSA) is 53.5 Å². The van der Waals surface area contributed by atoms with E-state index in [0.29, 0.717) is 6.04 Å². The van der Waals surface area contributed by atoms with Gasteiger partial charge in [0.2, 0.25) is 0 Å². The van der Waals surface area contributed by atoms with Crippen molar-refractivity contribution in [2.24, 2.45) is 0 Å². The fraction of sp³-hybridized carbons (Fsp3) is 0.789. The van der Waals surface area contributed by atoms with Crippen LogP contribution in [0.2, 0.25) is 0 Å². The zero-order valence-electron chi connectivity index (χ0n) is 15.2. The van der Waals surface area contributed by atoms with Crippen LogP contribution in [0.1, 0.15) is 44.9 Å². The molecule has 2 aliphatic heterocycles. The van der Waals surface area contributed by atoms with Gasteiger partial charge in [0.15, 0.2) is 0 Å². The molecule has 1 N–H and O–H groups in total. The lowest BCUT2D eigenvalue weighted by molar-refractivity contribution is 0.122. The summed E-state index contributed by atoms with van der Waals surface area (Å²) in [6, 6.07) is 3.48. The normalized spacial score (nSPS) is 24.4. The Hall–Kier alpha value is -1.40. The van der Waals surface area contributed by atoms with Gasteiger partial charge in [0.1, 0.15) is 18.0 Å². The van der Waals surface area contributed by atoms with E-state index in [1.165, 1.54) is 58.0 Å². The Balaban J connectivity index is 1.29. The Kier molecular flexibility index (Phi) is 5.67. The number of rotatable bonds is 4. The fourth-order valence-corrected chi connectivity index (χ4v) is 4.46. The highest BCUT2D eigenvalue weighted by Crippen LogP contribution is 2.26. The molecule has 0 atom stereocenters. The lowest BCUT2D eigenvalue weighted by Crippen LogP contribution is -2.45. The van der Waals surface area contributed by atoms with Gasteiger partial charge in [-0.25, -0.2) is 9.97 Å². The second-order valence-electron chi connectivity index (χ2n) is 7.61. The highest BCUT2D eigenvalue weighted by Gasteiger charge is 2.26. The standard InChI is InChI=1S/C19H31N5O/c1-2-4-17(5-3-1)23-8-6-16(7-9-23)22-18-14-19(21-15-20-18)24-10-12-25-13-11-24/h14-17H,1-13H2,(H,20,21,22). The van der Waals surface area contributed by atoms with Gasteiger partial charge in [-0.1, -0.05) is 19.3 Å². The average Bonchev–Trinajstić information content (AvgIpc) is 2.70. The molecule has 6 heteroatoms. The lowest BCUT2D eigenvalue weighted by Gasteiger charge is -2.39. The molecule has 138 valence electrons. The summed E-state index contributed by atoms with van der Waals surface area (Å²) >= 11 is 0. The van der Waals surface area contributed by atoms with E-state index in [1.807, 2.05) is 0 Å². The van der Waals surface area contributed by atoms with Crippen LogP contribution >= 0.6 is 0 Å². The van der Waals surface area contributed by atoms with Gasteiger partial charge in [0.25, 0.3) is 0 Å². The molecule has 1 aromatic rings. The molecule has 3 fully saturated rings. The Morgan fingerprint density at radius 2 is 1.68 bits per heavy atom. The van der Waals surface area contributed by atoms with Crippen molar-refractivity contribution >= 4 is 11.6 Å². The van der Waals surface area contributed by atoms with Gasteiger partial charge in [-0.05, 0) is 25.7 Å². The Bertz CT molecular complexity index is 534. The lowest BCUT2D eigenvalue weighted by atomic mass is 9.92. The first kappa shape index (κ1) is 17.0. The van der Waals surface area contributed by atoms with Gasteiger partial charge in [0.05, 0.1) is 13.2 Å². The summed E-state index contributed by atoms with van der Waals surface area (Å²) in [4.78, 5) is 13.9. The third-order valence-electron chi connectivity index (χ3n) is 5.96. The molecule has 6 nitrogen and oxygen atoms in total. The number of hydrogen-bond donors (Lipinski definition) is 1. The molecule has 4 rings (SSSR count). The van der Waals surface area contributed by atoms with Crippen LogP contribution in [0.5, 0.6) is 0 Å². The molecule has 1 aromatic heterocycles. The van der Waals surface area contributed by atoms with Crippen LogP contribution in [0.25, 0.3) is 0 Å². The van der Waals surface area contributed by atoms with Crippen LogP contribution in [-0.4, -0.2) is 66.3 Å². The fourth-order valence-electron chi connectivity index (χ4n) is 4.46. The zero-order valence-corrected chi connectivity index (χ0v) is 15.2. The van der Waals surface area contributed by atoms with E-state index in [4.69, 9.17) is 4.74 Å². The summed E-state index contributed by atoms with van der Waals surface area (Å²) in [7, 11) is 0. The van der Waals surface area contributed by atoms with Crippen molar-refractivity contribution in [1.29, 1.82) is 0 Å². The number of ether oxygens (including phenoxy) is 1. The zero-order chi connectivity index (χ0) is 16.9. The second kappa shape index (κ2) is 8.32. The number of morpholine rings is 1. The Labute approximate surface area is 151 Å². The molecule has 0 unspecified atom stereocenters. The molecular formula is C19H31N5O. The highest BCUT2D eigenvalue weighted by molar-refractivity contribution is 5.49. The van der Waals surface area contributed by atoms with E-state index in [2.05, 4.69) is 31.2 Å². The minimum absolute atomic E-state index is 0.535. The van der Waals surface area contributed by atoms with Crippen LogP contribution in [0.15, 0.2) is 12.4 Å². The van der Waals surface area contributed by atoms with Gasteiger partial charge >= 0.3 is 0 Å². The first-order valence-corrected chi connectivity index (χ1v) is 10.0. The van der Waals surface area contributed by atoms with Crippen LogP contribution in [0.4, 0.5) is 11.6 Å². The molecule has 3 aliphatic rings. The molecule has 0 spiro atoms. The molecule has 0 aromatic carbocycles. The molecule has 3 heterocycles. The molecular weight excluding hydrogens is 314 g/mol. The first-order valence-electron chi connectivity index (χ1n) is 10.0. The minimum atomic E-state index is 0.535. The van der Waals surface area contributed by atoms with E-state index >= 15 is 0 Å². The molecule has 1 saturated carbocycles. The highest BCUT2D eigenvalue weighted by atomic mass is 16.5. The first-order chi connectivity index (χ1) is 12.4. The maximum atomic E-state index is 5.43. The quantitative estimate of drug-likeness (QED) is 0.905. The summed E-state index contributed by atoms with van der Waals surface area (Å²) in [6.45, 7) is 5.85. The molecule has 0 bridgehead atoms. The third-order valence-corrected chi connectivity index (χ3v) is 5.96. The Morgan fingerprint density at radius 1 is 0.920 bits per heavy atom. The van der Waals surface area contributed by atoms with E-state index in [1.54, 1.807) is 6.33 Å². The van der Waals surface area contributed by atoms with Crippen molar-refractivity contribution in [3.63, 3.8) is 0 Å². The third kappa shape index (κ3) is 4.42. The van der Waals surface area contributed by atoms with Crippen LogP contribution in [0.3, 0.4) is 0 Å². The monoisotopic (exact) mass is 345 g/mol. The maximum Gasteiger partial charge on any atom is 0.134 e. The number of anilines is 2. The van der Waals surface area contributed by atoms with Crippen molar-refractivity contribution in [3.05, 3.63) is 12.4 Å². The molecule has 2 saturated heterocycles. The predicted octanol–water partition coefficient (Wildman–Crippen LogP) is 2.52. The number of nitrogens with zero attached hydrogens (tertiary/aromatic N) is 4. The number of hydrogen-bond acceptors (Lipinski definition) is 6. The number of aromatic nitrogens is 2. The Morgan fingerprint density at radius 3 is 2.44 bits per heavy atom. The molecule has 25 heavy (non-hydrogen) atoms. The number of piperidine rings is 1. The van der Waals surface area contributed by atoms with E-state index in [0.717, 1.165) is 44.0 Å². The van der Waals surface area contributed by atoms with Crippen molar-refractivity contribution in [2.45, 2.75) is 57.0 Å². The van der Waals surface area contributed by atoms with Crippen LogP contribution in [-0.2, 0) is 4.74 Å². The van der Waals surface area contributed by atoms with E-state index in [-0.39, 0.29) is 0 Å². The van der Waals surface area contributed by atoms with E-state index in [9.17, 15) is 0 Å². The second-order valence-corrected chi connectivity index (χ2v) is 7.61. The smallest absolute Gasteiger partial charge is 0.134 e. The van der Waals surface area contributed by atoms with Crippen molar-refractivity contribution in [2.75, 3.05) is 49.6 Å². The van der Waals surface area contributed by atoms with Crippen LogP contribution in [0, 0.1) is 0 Å². The summed E-state index contributed by atoms with van der Waals surface area (Å²) in [5.74, 6) is 1.98. The van der Waals surface area contributed by atoms with Crippen molar-refractivity contribution < 1.29 is 4.74 Å². The molecule has 0 radical (unpaired) electrons. The average molecular weight is 345 g/mol. The SMILES string of the molecule is c1nc(NC2CCN(C3CCCCC3)CC2)cc(N2CCOCC2)n1. The van der Waals surface area contributed by atoms with Crippen molar-refractivity contribution in [1.82, 2.24) is 14.9 Å². The number of likely N-dealkylation sites (tertiary alicyclic amines) is 1. The predicted molar refractivity (Wildman–Crippen MR) is 100 cm³/mol. The van der Waals surface area contributed by atoms with Gasteiger partial charge < -0.3 is 19.9 Å². The summed E-state index contributed by atoms with van der Waals surface area (Å²) in [5, 5.41) is 3.65. The summed E-state index contributed by atoms with van der Waals surface area (Å²) in [6.07, 6.45) is 11.2. The molecule has 1 aliphatic carbocycles. The number of nitrogens with one attached hydrogen (secondary N) is 1. The summed E-state index contributed by atoms with van der Waals surface area (Å²) < 4.78 is 5.43. The van der Waals surface area contributed by atoms with Crippen LogP contribution < -0.4 is 10.2 Å². The van der Waals surface area contributed by atoms with Gasteiger partial charge in [-0.3, -0.25) is 0 Å². The van der Waals surface area contributed by atoms with Gasteiger partial charge in [-0.15, -0.1) is 0 Å². The van der Waals surface area contributed by atoms with Crippen molar-refractivity contribution in [3.8, 4) is 0 Å². The molecule has 0 amide bonds. The van der Waals surface area contributed by atoms with E-state index < -0.39 is 0 Å². The largest absolute Gasteiger partial charge is 0.378 e.